The van der Waals surface area contributed by atoms with Crippen molar-refractivity contribution in [1.29, 1.82) is 0 Å². The van der Waals surface area contributed by atoms with Crippen LogP contribution in [-0.2, 0) is 4.79 Å². The molecule has 1 aliphatic heterocycles. The Hall–Kier alpha value is -2.17. The van der Waals surface area contributed by atoms with Gasteiger partial charge in [-0.05, 0) is 25.0 Å². The van der Waals surface area contributed by atoms with Crippen molar-refractivity contribution in [3.8, 4) is 0 Å². The number of hydrogen-bond donors (Lipinski definition) is 0. The fourth-order valence-electron chi connectivity index (χ4n) is 3.15. The molecule has 5 heteroatoms. The van der Waals surface area contributed by atoms with Crippen molar-refractivity contribution in [2.24, 2.45) is 5.92 Å². The van der Waals surface area contributed by atoms with Crippen molar-refractivity contribution < 1.29 is 4.79 Å². The Morgan fingerprint density at radius 1 is 1.09 bits per heavy atom. The second kappa shape index (κ2) is 6.94. The average molecular weight is 312 g/mol. The van der Waals surface area contributed by atoms with E-state index in [1.165, 1.54) is 0 Å². The molecule has 3 rings (SSSR count). The van der Waals surface area contributed by atoms with E-state index in [0.29, 0.717) is 5.91 Å². The van der Waals surface area contributed by atoms with Gasteiger partial charge in [0.15, 0.2) is 0 Å². The zero-order chi connectivity index (χ0) is 16.2. The molecular formula is C18H24N4O. The molecule has 1 amide bonds. The molecule has 2 heterocycles. The minimum atomic E-state index is 0.169. The number of aromatic nitrogens is 2. The molecular weight excluding hydrogens is 288 g/mol. The molecule has 0 spiro atoms. The molecule has 0 radical (unpaired) electrons. The SMILES string of the molecule is CCC(CC)C(=O)N1CCN(c2cnc3ccccc3n2)CC1. The van der Waals surface area contributed by atoms with E-state index in [1.54, 1.807) is 0 Å². The van der Waals surface area contributed by atoms with Gasteiger partial charge in [0.05, 0.1) is 17.2 Å². The molecule has 1 aromatic carbocycles. The highest BCUT2D eigenvalue weighted by atomic mass is 16.2. The zero-order valence-electron chi connectivity index (χ0n) is 13.9. The predicted molar refractivity (Wildman–Crippen MR) is 92.4 cm³/mol. The number of rotatable bonds is 4. The Bertz CT molecular complexity index is 676. The average Bonchev–Trinajstić information content (AvgIpc) is 2.62. The topological polar surface area (TPSA) is 49.3 Å². The summed E-state index contributed by atoms with van der Waals surface area (Å²) < 4.78 is 0. The molecule has 1 saturated heterocycles. The summed E-state index contributed by atoms with van der Waals surface area (Å²) in [5.74, 6) is 1.37. The number of hydrogen-bond acceptors (Lipinski definition) is 4. The van der Waals surface area contributed by atoms with Crippen LogP contribution < -0.4 is 4.90 Å². The van der Waals surface area contributed by atoms with Gasteiger partial charge in [-0.15, -0.1) is 0 Å². The minimum absolute atomic E-state index is 0.169. The van der Waals surface area contributed by atoms with Crippen LogP contribution in [0.1, 0.15) is 26.7 Å². The first-order valence-electron chi connectivity index (χ1n) is 8.48. The lowest BCUT2D eigenvalue weighted by molar-refractivity contribution is -0.136. The van der Waals surface area contributed by atoms with E-state index in [1.807, 2.05) is 35.4 Å². The highest BCUT2D eigenvalue weighted by molar-refractivity contribution is 5.79. The van der Waals surface area contributed by atoms with Gasteiger partial charge in [-0.25, -0.2) is 4.98 Å². The number of carbonyl (C=O) groups excluding carboxylic acids is 1. The molecule has 1 aromatic heterocycles. The van der Waals surface area contributed by atoms with E-state index in [4.69, 9.17) is 4.98 Å². The number of anilines is 1. The molecule has 2 aromatic rings. The van der Waals surface area contributed by atoms with E-state index in [2.05, 4.69) is 23.7 Å². The first-order chi connectivity index (χ1) is 11.2. The van der Waals surface area contributed by atoms with Crippen LogP contribution in [0.5, 0.6) is 0 Å². The van der Waals surface area contributed by atoms with Gasteiger partial charge in [0, 0.05) is 32.1 Å². The van der Waals surface area contributed by atoms with Crippen molar-refractivity contribution in [2.45, 2.75) is 26.7 Å². The molecule has 23 heavy (non-hydrogen) atoms. The summed E-state index contributed by atoms with van der Waals surface area (Å²) in [7, 11) is 0. The lowest BCUT2D eigenvalue weighted by Crippen LogP contribution is -2.50. The Kier molecular flexibility index (Phi) is 4.74. The van der Waals surface area contributed by atoms with Crippen LogP contribution in [0.25, 0.3) is 11.0 Å². The van der Waals surface area contributed by atoms with E-state index in [-0.39, 0.29) is 5.92 Å². The maximum Gasteiger partial charge on any atom is 0.225 e. The van der Waals surface area contributed by atoms with Gasteiger partial charge < -0.3 is 9.80 Å². The third-order valence-electron chi connectivity index (χ3n) is 4.69. The number of fused-ring (bicyclic) bond motifs is 1. The number of para-hydroxylation sites is 2. The molecule has 0 saturated carbocycles. The summed E-state index contributed by atoms with van der Waals surface area (Å²) in [6.07, 6.45) is 3.68. The monoisotopic (exact) mass is 312 g/mol. The first-order valence-corrected chi connectivity index (χ1v) is 8.48. The van der Waals surface area contributed by atoms with Crippen molar-refractivity contribution in [3.63, 3.8) is 0 Å². The van der Waals surface area contributed by atoms with Gasteiger partial charge in [0.25, 0.3) is 0 Å². The highest BCUT2D eigenvalue weighted by Crippen LogP contribution is 2.19. The molecule has 5 nitrogen and oxygen atoms in total. The standard InChI is InChI=1S/C18H24N4O/c1-3-14(4-2)18(23)22-11-9-21(10-12-22)17-13-19-15-7-5-6-8-16(15)20-17/h5-8,13-14H,3-4,9-12H2,1-2H3. The molecule has 0 bridgehead atoms. The van der Waals surface area contributed by atoms with Crippen LogP contribution in [0.3, 0.4) is 0 Å². The zero-order valence-corrected chi connectivity index (χ0v) is 13.9. The lowest BCUT2D eigenvalue weighted by Gasteiger charge is -2.36. The van der Waals surface area contributed by atoms with E-state index < -0.39 is 0 Å². The maximum atomic E-state index is 12.5. The second-order valence-corrected chi connectivity index (χ2v) is 6.04. The third kappa shape index (κ3) is 3.28. The molecule has 122 valence electrons. The van der Waals surface area contributed by atoms with E-state index >= 15 is 0 Å². The molecule has 0 aliphatic carbocycles. The quantitative estimate of drug-likeness (QED) is 0.871. The summed E-state index contributed by atoms with van der Waals surface area (Å²) in [6, 6.07) is 7.91. The van der Waals surface area contributed by atoms with E-state index in [9.17, 15) is 4.79 Å². The van der Waals surface area contributed by atoms with Gasteiger partial charge in [-0.3, -0.25) is 9.78 Å². The van der Waals surface area contributed by atoms with Crippen LogP contribution in [0.4, 0.5) is 5.82 Å². The van der Waals surface area contributed by atoms with Crippen molar-refractivity contribution in [2.75, 3.05) is 31.1 Å². The molecule has 0 unspecified atom stereocenters. The Morgan fingerprint density at radius 2 is 1.74 bits per heavy atom. The molecule has 1 fully saturated rings. The Labute approximate surface area is 137 Å². The first kappa shape index (κ1) is 15.7. The van der Waals surface area contributed by atoms with Gasteiger partial charge >= 0.3 is 0 Å². The summed E-state index contributed by atoms with van der Waals surface area (Å²) in [4.78, 5) is 25.9. The molecule has 1 aliphatic rings. The van der Waals surface area contributed by atoms with Crippen molar-refractivity contribution >= 4 is 22.8 Å². The van der Waals surface area contributed by atoms with Crippen LogP contribution in [-0.4, -0.2) is 47.0 Å². The number of amides is 1. The van der Waals surface area contributed by atoms with Gasteiger partial charge in [0.1, 0.15) is 5.82 Å². The Balaban J connectivity index is 1.67. The van der Waals surface area contributed by atoms with Crippen molar-refractivity contribution in [1.82, 2.24) is 14.9 Å². The number of carbonyl (C=O) groups is 1. The summed E-state index contributed by atoms with van der Waals surface area (Å²) in [6.45, 7) is 7.35. The maximum absolute atomic E-state index is 12.5. The summed E-state index contributed by atoms with van der Waals surface area (Å²) in [5.41, 5.74) is 1.83. The summed E-state index contributed by atoms with van der Waals surface area (Å²) in [5, 5.41) is 0. The second-order valence-electron chi connectivity index (χ2n) is 6.04. The predicted octanol–water partition coefficient (Wildman–Crippen LogP) is 2.71. The smallest absolute Gasteiger partial charge is 0.225 e. The molecule has 0 atom stereocenters. The number of benzene rings is 1. The highest BCUT2D eigenvalue weighted by Gasteiger charge is 2.26. The summed E-state index contributed by atoms with van der Waals surface area (Å²) >= 11 is 0. The number of piperazine rings is 1. The minimum Gasteiger partial charge on any atom is -0.352 e. The van der Waals surface area contributed by atoms with Crippen LogP contribution in [0.2, 0.25) is 0 Å². The van der Waals surface area contributed by atoms with Crippen LogP contribution in [0, 0.1) is 5.92 Å². The van der Waals surface area contributed by atoms with Gasteiger partial charge in [0.2, 0.25) is 5.91 Å². The van der Waals surface area contributed by atoms with E-state index in [0.717, 1.165) is 55.9 Å². The van der Waals surface area contributed by atoms with Crippen LogP contribution in [0.15, 0.2) is 30.5 Å². The third-order valence-corrected chi connectivity index (χ3v) is 4.69. The van der Waals surface area contributed by atoms with Gasteiger partial charge in [-0.2, -0.15) is 0 Å². The fraction of sp³-hybridized carbons (Fsp3) is 0.500. The normalized spacial score (nSPS) is 15.4. The lowest BCUT2D eigenvalue weighted by atomic mass is 10.0. The fourth-order valence-corrected chi connectivity index (χ4v) is 3.15. The Morgan fingerprint density at radius 3 is 2.39 bits per heavy atom. The number of nitrogens with zero attached hydrogens (tertiary/aromatic N) is 4. The van der Waals surface area contributed by atoms with Crippen molar-refractivity contribution in [3.05, 3.63) is 30.5 Å². The van der Waals surface area contributed by atoms with Gasteiger partial charge in [-0.1, -0.05) is 26.0 Å². The molecule has 0 N–H and O–H groups in total. The largest absolute Gasteiger partial charge is 0.352 e. The van der Waals surface area contributed by atoms with Crippen LogP contribution >= 0.6 is 0 Å².